The Morgan fingerprint density at radius 2 is 1.97 bits per heavy atom. The van der Waals surface area contributed by atoms with E-state index in [0.29, 0.717) is 52.9 Å². The zero-order valence-corrected chi connectivity index (χ0v) is 21.6. The van der Waals surface area contributed by atoms with Crippen molar-refractivity contribution in [1.29, 1.82) is 0 Å². The molecule has 0 bridgehead atoms. The minimum Gasteiger partial charge on any atom is -0.509 e. The van der Waals surface area contributed by atoms with E-state index in [9.17, 15) is 4.79 Å². The van der Waals surface area contributed by atoms with E-state index in [0.717, 1.165) is 30.8 Å². The van der Waals surface area contributed by atoms with E-state index in [-0.39, 0.29) is 5.91 Å². The zero-order chi connectivity index (χ0) is 26.5. The number of amides is 1. The van der Waals surface area contributed by atoms with Crippen molar-refractivity contribution in [2.45, 2.75) is 45.5 Å². The van der Waals surface area contributed by atoms with E-state index in [1.165, 1.54) is 6.42 Å². The number of likely N-dealkylation sites (tertiary alicyclic amines) is 1. The Kier molecular flexibility index (Phi) is 8.91. The number of hydrogen-bond donors (Lipinski definition) is 1. The van der Waals surface area contributed by atoms with Crippen LogP contribution >= 0.6 is 0 Å². The maximum Gasteiger partial charge on any atom is 0.259 e. The lowest BCUT2D eigenvalue weighted by Crippen LogP contribution is -2.37. The SMILES string of the molecule is [B]CC(C)C1CCCN(Cc2ccc(NC(=O)c3cn(-c4ccc([B])cc4)nc3C)cc2OC([B])[B])C1. The van der Waals surface area contributed by atoms with Gasteiger partial charge in [-0.2, -0.15) is 5.10 Å². The first kappa shape index (κ1) is 27.2. The molecule has 0 spiro atoms. The smallest absolute Gasteiger partial charge is 0.259 e. The number of carbonyl (C=O) groups is 1. The van der Waals surface area contributed by atoms with Crippen molar-refractivity contribution in [3.05, 3.63) is 65.5 Å². The standard InChI is InChI=1S/C27H30B4N4O2/c1-17(13-28)19-4-3-11-34(14-19)15-20-5-8-22(12-25(20)37-27(30)31)32-26(36)24-16-35(33-18(24)2)23-9-6-21(29)7-10-23/h5-10,12,16-17,19,27H,3-4,11,13-15H2,1-2H3,(H,32,36). The molecule has 10 heteroatoms. The van der Waals surface area contributed by atoms with Crippen molar-refractivity contribution < 1.29 is 9.53 Å². The van der Waals surface area contributed by atoms with Gasteiger partial charge in [0.05, 0.1) is 24.8 Å². The molecule has 6 nitrogen and oxygen atoms in total. The van der Waals surface area contributed by atoms with Crippen molar-refractivity contribution >= 4 is 48.4 Å². The Morgan fingerprint density at radius 1 is 1.22 bits per heavy atom. The number of anilines is 1. The molecule has 1 aromatic heterocycles. The second-order valence-corrected chi connectivity index (χ2v) is 9.87. The predicted octanol–water partition coefficient (Wildman–Crippen LogP) is 2.66. The molecule has 3 aromatic rings. The first-order valence-corrected chi connectivity index (χ1v) is 12.7. The fourth-order valence-electron chi connectivity index (χ4n) is 4.79. The number of carbonyl (C=O) groups excluding carboxylic acids is 1. The third kappa shape index (κ3) is 6.92. The van der Waals surface area contributed by atoms with E-state index < -0.39 is 5.90 Å². The molecule has 1 aliphatic heterocycles. The largest absolute Gasteiger partial charge is 0.509 e. The molecule has 1 amide bonds. The van der Waals surface area contributed by atoms with Crippen LogP contribution in [0.5, 0.6) is 5.75 Å². The number of piperidine rings is 1. The van der Waals surface area contributed by atoms with Gasteiger partial charge < -0.3 is 10.1 Å². The molecule has 8 radical (unpaired) electrons. The zero-order valence-electron chi connectivity index (χ0n) is 21.6. The van der Waals surface area contributed by atoms with Gasteiger partial charge in [-0.1, -0.05) is 36.9 Å². The van der Waals surface area contributed by atoms with Crippen LogP contribution in [0.2, 0.25) is 6.32 Å². The van der Waals surface area contributed by atoms with Crippen LogP contribution in [0.1, 0.15) is 41.4 Å². The summed E-state index contributed by atoms with van der Waals surface area (Å²) >= 11 is 0. The van der Waals surface area contributed by atoms with Gasteiger partial charge in [-0.25, -0.2) is 4.68 Å². The van der Waals surface area contributed by atoms with E-state index >= 15 is 0 Å². The summed E-state index contributed by atoms with van der Waals surface area (Å²) in [7, 11) is 23.2. The Bertz CT molecular complexity index is 1220. The third-order valence-electron chi connectivity index (χ3n) is 7.00. The highest BCUT2D eigenvalue weighted by Gasteiger charge is 2.24. The number of benzene rings is 2. The maximum absolute atomic E-state index is 13.1. The average Bonchev–Trinajstić information content (AvgIpc) is 3.27. The van der Waals surface area contributed by atoms with Crippen molar-refractivity contribution in [2.24, 2.45) is 11.8 Å². The summed E-state index contributed by atoms with van der Waals surface area (Å²) in [5.41, 5.74) is 4.10. The summed E-state index contributed by atoms with van der Waals surface area (Å²) in [4.78, 5) is 15.5. The number of ether oxygens (including phenoxy) is 1. The molecule has 1 saturated heterocycles. The minimum atomic E-state index is -0.976. The summed E-state index contributed by atoms with van der Waals surface area (Å²) in [5, 5.41) is 7.42. The minimum absolute atomic E-state index is 0.274. The predicted molar refractivity (Wildman–Crippen MR) is 152 cm³/mol. The molecule has 0 saturated carbocycles. The maximum atomic E-state index is 13.1. The molecular weight excluding hydrogens is 456 g/mol. The van der Waals surface area contributed by atoms with E-state index in [1.54, 1.807) is 36.0 Å². The van der Waals surface area contributed by atoms with Gasteiger partial charge in [-0.15, -0.1) is 0 Å². The van der Waals surface area contributed by atoms with Crippen molar-refractivity contribution in [3.8, 4) is 11.4 Å². The second kappa shape index (κ2) is 12.1. The summed E-state index contributed by atoms with van der Waals surface area (Å²) in [6, 6.07) is 12.9. The fraction of sp³-hybridized carbons (Fsp3) is 0.407. The third-order valence-corrected chi connectivity index (χ3v) is 7.00. The van der Waals surface area contributed by atoms with Crippen LogP contribution in [0.15, 0.2) is 48.7 Å². The van der Waals surface area contributed by atoms with E-state index in [2.05, 4.69) is 22.2 Å². The van der Waals surface area contributed by atoms with Crippen LogP contribution in [-0.4, -0.2) is 71.0 Å². The van der Waals surface area contributed by atoms with Gasteiger partial charge in [0.2, 0.25) is 0 Å². The molecule has 37 heavy (non-hydrogen) atoms. The van der Waals surface area contributed by atoms with Gasteiger partial charge in [0.1, 0.15) is 29.3 Å². The van der Waals surface area contributed by atoms with Gasteiger partial charge in [-0.05, 0) is 56.3 Å². The van der Waals surface area contributed by atoms with Crippen molar-refractivity contribution in [3.63, 3.8) is 0 Å². The van der Waals surface area contributed by atoms with E-state index in [1.807, 2.05) is 24.3 Å². The molecule has 2 heterocycles. The molecule has 2 atom stereocenters. The molecule has 4 rings (SSSR count). The van der Waals surface area contributed by atoms with Crippen LogP contribution in [-0.2, 0) is 6.54 Å². The lowest BCUT2D eigenvalue weighted by Gasteiger charge is -2.36. The molecule has 0 aliphatic carbocycles. The van der Waals surface area contributed by atoms with Gasteiger partial charge in [0, 0.05) is 42.5 Å². The fourth-order valence-corrected chi connectivity index (χ4v) is 4.79. The molecule has 2 unspecified atom stereocenters. The number of aromatic nitrogens is 2. The normalized spacial score (nSPS) is 17.0. The van der Waals surface area contributed by atoms with Crippen LogP contribution in [0, 0.1) is 18.8 Å². The number of aryl methyl sites for hydroxylation is 1. The van der Waals surface area contributed by atoms with Crippen LogP contribution in [0.25, 0.3) is 5.69 Å². The monoisotopic (exact) mass is 486 g/mol. The summed E-state index contributed by atoms with van der Waals surface area (Å²) in [5.74, 6) is 0.370. The van der Waals surface area contributed by atoms with Gasteiger partial charge in [0.25, 0.3) is 5.91 Å². The highest BCUT2D eigenvalue weighted by Crippen LogP contribution is 2.30. The molecule has 1 fully saturated rings. The second-order valence-electron chi connectivity index (χ2n) is 9.87. The Hall–Kier alpha value is -2.86. The van der Waals surface area contributed by atoms with Crippen LogP contribution < -0.4 is 15.5 Å². The first-order valence-electron chi connectivity index (χ1n) is 12.7. The quantitative estimate of drug-likeness (QED) is 0.474. The summed E-state index contributed by atoms with van der Waals surface area (Å²) in [6.07, 6.45) is 4.73. The summed E-state index contributed by atoms with van der Waals surface area (Å²) in [6.45, 7) is 6.72. The Balaban J connectivity index is 1.49. The lowest BCUT2D eigenvalue weighted by molar-refractivity contribution is 0.102. The highest BCUT2D eigenvalue weighted by atomic mass is 16.5. The van der Waals surface area contributed by atoms with Crippen LogP contribution in [0.3, 0.4) is 0 Å². The van der Waals surface area contributed by atoms with Gasteiger partial charge in [-0.3, -0.25) is 9.69 Å². The average molecular weight is 486 g/mol. The Labute approximate surface area is 225 Å². The Morgan fingerprint density at radius 3 is 2.68 bits per heavy atom. The molecular formula is C27H30B4N4O2. The summed E-state index contributed by atoms with van der Waals surface area (Å²) < 4.78 is 7.40. The number of nitrogens with zero attached hydrogens (tertiary/aromatic N) is 3. The highest BCUT2D eigenvalue weighted by molar-refractivity contribution is 6.34. The van der Waals surface area contributed by atoms with E-state index in [4.69, 9.17) is 36.1 Å². The lowest BCUT2D eigenvalue weighted by atomic mass is 9.79. The van der Waals surface area contributed by atoms with Crippen molar-refractivity contribution in [2.75, 3.05) is 18.4 Å². The molecule has 1 aliphatic rings. The molecule has 2 aromatic carbocycles. The van der Waals surface area contributed by atoms with Gasteiger partial charge in [0.15, 0.2) is 0 Å². The number of rotatable bonds is 9. The van der Waals surface area contributed by atoms with Gasteiger partial charge >= 0.3 is 0 Å². The molecule has 182 valence electrons. The first-order chi connectivity index (χ1) is 17.7. The number of nitrogens with one attached hydrogen (secondary N) is 1. The number of hydrogen-bond acceptors (Lipinski definition) is 4. The van der Waals surface area contributed by atoms with Crippen LogP contribution in [0.4, 0.5) is 5.69 Å². The molecule has 1 N–H and O–H groups in total. The van der Waals surface area contributed by atoms with Crippen molar-refractivity contribution in [1.82, 2.24) is 14.7 Å². The topological polar surface area (TPSA) is 59.4 Å².